The van der Waals surface area contributed by atoms with E-state index in [0.717, 1.165) is 0 Å². The molecule has 5 heteroatoms. The molecule has 0 saturated carbocycles. The lowest BCUT2D eigenvalue weighted by Crippen LogP contribution is -2.38. The topological polar surface area (TPSA) is 70.1 Å². The Labute approximate surface area is 99.4 Å². The van der Waals surface area contributed by atoms with Crippen molar-refractivity contribution in [3.63, 3.8) is 0 Å². The van der Waals surface area contributed by atoms with Crippen molar-refractivity contribution in [2.24, 2.45) is 5.73 Å². The van der Waals surface area contributed by atoms with Crippen molar-refractivity contribution in [1.29, 1.82) is 5.26 Å². The monoisotopic (exact) mass is 235 g/mol. The van der Waals surface area contributed by atoms with E-state index in [9.17, 15) is 9.18 Å². The average molecular weight is 235 g/mol. The van der Waals surface area contributed by atoms with Crippen molar-refractivity contribution in [1.82, 2.24) is 0 Å². The molecule has 90 valence electrons. The zero-order valence-corrected chi connectivity index (χ0v) is 9.77. The number of hydrogen-bond donors (Lipinski definition) is 1. The molecule has 0 aliphatic heterocycles. The molecule has 0 aliphatic carbocycles. The van der Waals surface area contributed by atoms with Gasteiger partial charge < -0.3 is 10.6 Å². The predicted molar refractivity (Wildman–Crippen MR) is 62.8 cm³/mol. The Morgan fingerprint density at radius 3 is 2.65 bits per heavy atom. The van der Waals surface area contributed by atoms with Gasteiger partial charge in [-0.1, -0.05) is 0 Å². The smallest absolute Gasteiger partial charge is 0.236 e. The molecule has 0 aliphatic rings. The number of primary amides is 1. The van der Waals surface area contributed by atoms with Crippen molar-refractivity contribution >= 4 is 11.6 Å². The lowest BCUT2D eigenvalue weighted by Gasteiger charge is -2.27. The summed E-state index contributed by atoms with van der Waals surface area (Å²) >= 11 is 0. The van der Waals surface area contributed by atoms with Crippen LogP contribution in [0, 0.1) is 17.1 Å². The van der Waals surface area contributed by atoms with Crippen molar-refractivity contribution in [3.8, 4) is 6.07 Å². The first kappa shape index (κ1) is 13.0. The first-order chi connectivity index (χ1) is 7.95. The first-order valence-electron chi connectivity index (χ1n) is 5.20. The minimum atomic E-state index is -0.597. The van der Waals surface area contributed by atoms with Gasteiger partial charge in [0.2, 0.25) is 5.91 Å². The fourth-order valence-electron chi connectivity index (χ4n) is 1.51. The Morgan fingerprint density at radius 2 is 2.24 bits per heavy atom. The summed E-state index contributed by atoms with van der Waals surface area (Å²) in [4.78, 5) is 12.6. The number of carbonyl (C=O) groups excluding carboxylic acids is 1. The molecule has 1 rings (SSSR count). The number of nitrogens with two attached hydrogens (primary N) is 1. The van der Waals surface area contributed by atoms with Crippen molar-refractivity contribution < 1.29 is 9.18 Å². The highest BCUT2D eigenvalue weighted by Crippen LogP contribution is 2.20. The highest BCUT2D eigenvalue weighted by molar-refractivity contribution is 5.79. The van der Waals surface area contributed by atoms with Crippen LogP contribution in [-0.2, 0) is 4.79 Å². The van der Waals surface area contributed by atoms with Crippen molar-refractivity contribution in [2.45, 2.75) is 19.9 Å². The van der Waals surface area contributed by atoms with E-state index < -0.39 is 11.7 Å². The van der Waals surface area contributed by atoms with Gasteiger partial charge in [-0.3, -0.25) is 4.79 Å². The number of halogens is 1. The van der Waals surface area contributed by atoms with Gasteiger partial charge in [-0.25, -0.2) is 4.39 Å². The van der Waals surface area contributed by atoms with Gasteiger partial charge in [0.25, 0.3) is 0 Å². The molecule has 0 fully saturated rings. The Hall–Kier alpha value is -2.09. The Kier molecular flexibility index (Phi) is 4.05. The molecule has 2 N–H and O–H groups in total. The van der Waals surface area contributed by atoms with E-state index in [1.807, 2.05) is 13.8 Å². The molecule has 4 nitrogen and oxygen atoms in total. The molecule has 17 heavy (non-hydrogen) atoms. The SMILES string of the molecule is CC(C)N(CC(N)=O)c1ccc(C#N)c(F)c1. The third kappa shape index (κ3) is 3.18. The quantitative estimate of drug-likeness (QED) is 0.857. The number of hydrogen-bond acceptors (Lipinski definition) is 3. The van der Waals surface area contributed by atoms with E-state index in [1.54, 1.807) is 17.0 Å². The van der Waals surface area contributed by atoms with Gasteiger partial charge in [-0.2, -0.15) is 5.26 Å². The lowest BCUT2D eigenvalue weighted by molar-refractivity contribution is -0.116. The fourth-order valence-corrected chi connectivity index (χ4v) is 1.51. The van der Waals surface area contributed by atoms with Crippen LogP contribution in [-0.4, -0.2) is 18.5 Å². The molecule has 0 bridgehead atoms. The second-order valence-electron chi connectivity index (χ2n) is 3.96. The zero-order chi connectivity index (χ0) is 13.0. The molecule has 0 heterocycles. The largest absolute Gasteiger partial charge is 0.368 e. The highest BCUT2D eigenvalue weighted by atomic mass is 19.1. The van der Waals surface area contributed by atoms with E-state index in [2.05, 4.69) is 0 Å². The highest BCUT2D eigenvalue weighted by Gasteiger charge is 2.14. The number of carbonyl (C=O) groups is 1. The van der Waals surface area contributed by atoms with E-state index in [0.29, 0.717) is 5.69 Å². The van der Waals surface area contributed by atoms with Gasteiger partial charge in [0.15, 0.2) is 0 Å². The van der Waals surface area contributed by atoms with Crippen LogP contribution in [0.2, 0.25) is 0 Å². The van der Waals surface area contributed by atoms with Gasteiger partial charge >= 0.3 is 0 Å². The van der Waals surface area contributed by atoms with Gasteiger partial charge in [0, 0.05) is 11.7 Å². The summed E-state index contributed by atoms with van der Waals surface area (Å²) in [6.45, 7) is 3.76. The number of benzene rings is 1. The summed E-state index contributed by atoms with van der Waals surface area (Å²) in [6, 6.07) is 5.98. The third-order valence-electron chi connectivity index (χ3n) is 2.35. The zero-order valence-electron chi connectivity index (χ0n) is 9.77. The molecule has 0 unspecified atom stereocenters. The summed E-state index contributed by atoms with van der Waals surface area (Å²) in [6.07, 6.45) is 0. The molecule has 0 spiro atoms. The number of amides is 1. The molecule has 1 aromatic carbocycles. The van der Waals surface area contributed by atoms with E-state index in [1.165, 1.54) is 12.1 Å². The number of anilines is 1. The van der Waals surface area contributed by atoms with E-state index >= 15 is 0 Å². The van der Waals surface area contributed by atoms with Crippen LogP contribution in [0.15, 0.2) is 18.2 Å². The van der Waals surface area contributed by atoms with Gasteiger partial charge in [-0.15, -0.1) is 0 Å². The Bertz CT molecular complexity index is 465. The number of rotatable bonds is 4. The first-order valence-corrected chi connectivity index (χ1v) is 5.20. The van der Waals surface area contributed by atoms with Gasteiger partial charge in [0.1, 0.15) is 11.9 Å². The second-order valence-corrected chi connectivity index (χ2v) is 3.96. The van der Waals surface area contributed by atoms with Crippen LogP contribution in [0.4, 0.5) is 10.1 Å². The lowest BCUT2D eigenvalue weighted by atomic mass is 10.1. The minimum Gasteiger partial charge on any atom is -0.368 e. The normalized spacial score (nSPS) is 10.1. The van der Waals surface area contributed by atoms with Crippen LogP contribution < -0.4 is 10.6 Å². The number of nitriles is 1. The van der Waals surface area contributed by atoms with Crippen LogP contribution >= 0.6 is 0 Å². The van der Waals surface area contributed by atoms with Crippen molar-refractivity contribution in [2.75, 3.05) is 11.4 Å². The van der Waals surface area contributed by atoms with E-state index in [4.69, 9.17) is 11.0 Å². The minimum absolute atomic E-state index is 0.00911. The summed E-state index contributed by atoms with van der Waals surface area (Å²) < 4.78 is 13.4. The Morgan fingerprint density at radius 1 is 1.59 bits per heavy atom. The molecule has 0 aromatic heterocycles. The maximum Gasteiger partial charge on any atom is 0.236 e. The average Bonchev–Trinajstić information content (AvgIpc) is 2.25. The summed E-state index contributed by atoms with van der Waals surface area (Å²) in [5, 5.41) is 8.62. The third-order valence-corrected chi connectivity index (χ3v) is 2.35. The molecule has 0 radical (unpaired) electrons. The Balaban J connectivity index is 3.07. The second kappa shape index (κ2) is 5.30. The fraction of sp³-hybridized carbons (Fsp3) is 0.333. The maximum absolute atomic E-state index is 13.4. The molecule has 1 amide bonds. The van der Waals surface area contributed by atoms with Crippen LogP contribution in [0.1, 0.15) is 19.4 Å². The van der Waals surface area contributed by atoms with Crippen molar-refractivity contribution in [3.05, 3.63) is 29.6 Å². The van der Waals surface area contributed by atoms with Crippen LogP contribution in [0.5, 0.6) is 0 Å². The summed E-state index contributed by atoms with van der Waals surface area (Å²) in [7, 11) is 0. The summed E-state index contributed by atoms with van der Waals surface area (Å²) in [5.74, 6) is -1.08. The molecule has 1 aromatic rings. The van der Waals surface area contributed by atoms with E-state index in [-0.39, 0.29) is 18.2 Å². The molecule has 0 saturated heterocycles. The van der Waals surface area contributed by atoms with Gasteiger partial charge in [-0.05, 0) is 32.0 Å². The molecular formula is C12H14FN3O. The van der Waals surface area contributed by atoms with Crippen LogP contribution in [0.3, 0.4) is 0 Å². The standard InChI is InChI=1S/C12H14FN3O/c1-8(2)16(7-12(15)17)10-4-3-9(6-14)11(13)5-10/h3-5,8H,7H2,1-2H3,(H2,15,17). The summed E-state index contributed by atoms with van der Waals surface area (Å²) in [5.41, 5.74) is 5.66. The number of nitrogens with zero attached hydrogens (tertiary/aromatic N) is 2. The predicted octanol–water partition coefficient (Wildman–Crippen LogP) is 1.40. The van der Waals surface area contributed by atoms with Crippen LogP contribution in [0.25, 0.3) is 0 Å². The molecule has 0 atom stereocenters. The maximum atomic E-state index is 13.4. The van der Waals surface area contributed by atoms with Gasteiger partial charge in [0.05, 0.1) is 12.1 Å². The molecular weight excluding hydrogens is 221 g/mol.